The van der Waals surface area contributed by atoms with E-state index in [1.165, 1.54) is 161 Å². The molecule has 0 saturated carbocycles. The first-order chi connectivity index (χ1) is 26.4. The fourth-order valence-corrected chi connectivity index (χ4v) is 7.12. The Kier molecular flexibility index (Phi) is 41.3. The number of esters is 3. The van der Waals surface area contributed by atoms with Crippen LogP contribution in [-0.4, -0.2) is 37.2 Å². The maximum Gasteiger partial charge on any atom is 0.306 e. The lowest BCUT2D eigenvalue weighted by molar-refractivity contribution is -0.167. The summed E-state index contributed by atoms with van der Waals surface area (Å²) in [4.78, 5) is 37.6. The highest BCUT2D eigenvalue weighted by Gasteiger charge is 2.19. The smallest absolute Gasteiger partial charge is 0.306 e. The van der Waals surface area contributed by atoms with Crippen molar-refractivity contribution < 1.29 is 28.6 Å². The summed E-state index contributed by atoms with van der Waals surface area (Å²) in [6.45, 7) is 8.94. The minimum Gasteiger partial charge on any atom is -0.462 e. The van der Waals surface area contributed by atoms with Gasteiger partial charge in [0.15, 0.2) is 6.10 Å². The van der Waals surface area contributed by atoms with Gasteiger partial charge in [0, 0.05) is 19.3 Å². The standard InChI is InChI=1S/C48H92O6/c1-5-8-10-12-14-15-16-17-18-19-20-21-22-23-24-25-27-32-36-40-47(50)53-43-45(42-52-46(49)39-35-31-26-13-11-9-6-2)54-48(51)41-37-33-29-28-30-34-38-44(4)7-3/h44-45H,5-43H2,1-4H3/t44?,45-/m0/s1. The van der Waals surface area contributed by atoms with Crippen molar-refractivity contribution >= 4 is 17.9 Å². The van der Waals surface area contributed by atoms with Gasteiger partial charge in [-0.05, 0) is 25.2 Å². The molecule has 0 aliphatic carbocycles. The molecule has 0 spiro atoms. The molecule has 0 aromatic rings. The topological polar surface area (TPSA) is 78.9 Å². The molecule has 0 aliphatic heterocycles. The molecule has 0 aromatic heterocycles. The highest BCUT2D eigenvalue weighted by atomic mass is 16.6. The van der Waals surface area contributed by atoms with E-state index in [1.54, 1.807) is 0 Å². The Balaban J connectivity index is 4.15. The molecule has 0 aromatic carbocycles. The third kappa shape index (κ3) is 40.1. The minimum atomic E-state index is -0.759. The second kappa shape index (κ2) is 42.6. The van der Waals surface area contributed by atoms with Crippen molar-refractivity contribution in [1.29, 1.82) is 0 Å². The number of unbranched alkanes of at least 4 members (excludes halogenated alkanes) is 29. The molecule has 0 saturated heterocycles. The molecule has 0 bridgehead atoms. The maximum absolute atomic E-state index is 12.7. The fraction of sp³-hybridized carbons (Fsp3) is 0.938. The van der Waals surface area contributed by atoms with Crippen LogP contribution in [0.3, 0.4) is 0 Å². The van der Waals surface area contributed by atoms with E-state index in [0.717, 1.165) is 63.7 Å². The lowest BCUT2D eigenvalue weighted by atomic mass is 10.00. The molecule has 1 unspecified atom stereocenters. The Morgan fingerprint density at radius 2 is 0.648 bits per heavy atom. The summed E-state index contributed by atoms with van der Waals surface area (Å²) in [6, 6.07) is 0. The van der Waals surface area contributed by atoms with E-state index >= 15 is 0 Å². The van der Waals surface area contributed by atoms with Gasteiger partial charge >= 0.3 is 17.9 Å². The molecule has 0 radical (unpaired) electrons. The molecule has 2 atom stereocenters. The molecule has 0 N–H and O–H groups in total. The zero-order chi connectivity index (χ0) is 39.6. The van der Waals surface area contributed by atoms with Gasteiger partial charge in [0.2, 0.25) is 0 Å². The Labute approximate surface area is 336 Å². The summed E-state index contributed by atoms with van der Waals surface area (Å²) in [6.07, 6.45) is 42.5. The van der Waals surface area contributed by atoms with Crippen LogP contribution in [0.5, 0.6) is 0 Å². The Bertz CT molecular complexity index is 813. The van der Waals surface area contributed by atoms with Crippen LogP contribution in [0.1, 0.15) is 265 Å². The van der Waals surface area contributed by atoms with Crippen molar-refractivity contribution in [3.05, 3.63) is 0 Å². The second-order valence-electron chi connectivity index (χ2n) is 16.6. The van der Waals surface area contributed by atoms with Crippen LogP contribution in [0, 0.1) is 5.92 Å². The van der Waals surface area contributed by atoms with E-state index in [1.807, 2.05) is 0 Å². The maximum atomic E-state index is 12.7. The summed E-state index contributed by atoms with van der Waals surface area (Å²) in [7, 11) is 0. The molecule has 0 heterocycles. The summed E-state index contributed by atoms with van der Waals surface area (Å²) in [5.74, 6) is -0.0520. The third-order valence-corrected chi connectivity index (χ3v) is 11.2. The van der Waals surface area contributed by atoms with Gasteiger partial charge in [-0.1, -0.05) is 227 Å². The van der Waals surface area contributed by atoms with Crippen LogP contribution >= 0.6 is 0 Å². The molecule has 0 fully saturated rings. The van der Waals surface area contributed by atoms with Crippen molar-refractivity contribution in [2.24, 2.45) is 5.92 Å². The predicted molar refractivity (Wildman–Crippen MR) is 229 cm³/mol. The second-order valence-corrected chi connectivity index (χ2v) is 16.6. The van der Waals surface area contributed by atoms with Gasteiger partial charge in [0.25, 0.3) is 0 Å². The number of carbonyl (C=O) groups is 3. The number of ether oxygens (including phenoxy) is 3. The van der Waals surface area contributed by atoms with Crippen molar-refractivity contribution in [3.8, 4) is 0 Å². The molecule has 6 nitrogen and oxygen atoms in total. The zero-order valence-corrected chi connectivity index (χ0v) is 36.7. The Morgan fingerprint density at radius 3 is 0.963 bits per heavy atom. The monoisotopic (exact) mass is 765 g/mol. The van der Waals surface area contributed by atoms with E-state index in [0.29, 0.717) is 19.3 Å². The van der Waals surface area contributed by atoms with Crippen LogP contribution in [0.4, 0.5) is 0 Å². The summed E-state index contributed by atoms with van der Waals surface area (Å²) in [5, 5.41) is 0. The number of hydrogen-bond donors (Lipinski definition) is 0. The lowest BCUT2D eigenvalue weighted by Crippen LogP contribution is -2.30. The van der Waals surface area contributed by atoms with Gasteiger partial charge in [-0.25, -0.2) is 0 Å². The fourth-order valence-electron chi connectivity index (χ4n) is 7.12. The van der Waals surface area contributed by atoms with E-state index in [-0.39, 0.29) is 31.1 Å². The molecule has 320 valence electrons. The SMILES string of the molecule is CCCCCCCCCCCCCCCCCCCCCC(=O)OC[C@H](COC(=O)CCCCCCCCC)OC(=O)CCCCCCCCC(C)CC. The molecule has 0 rings (SSSR count). The zero-order valence-electron chi connectivity index (χ0n) is 36.7. The van der Waals surface area contributed by atoms with Crippen LogP contribution in [-0.2, 0) is 28.6 Å². The van der Waals surface area contributed by atoms with Crippen LogP contribution in [0.15, 0.2) is 0 Å². The van der Waals surface area contributed by atoms with Crippen LogP contribution in [0.25, 0.3) is 0 Å². The van der Waals surface area contributed by atoms with Gasteiger partial charge in [0.05, 0.1) is 0 Å². The number of rotatable bonds is 43. The summed E-state index contributed by atoms with van der Waals surface area (Å²) < 4.78 is 16.7. The largest absolute Gasteiger partial charge is 0.462 e. The first-order valence-electron chi connectivity index (χ1n) is 23.9. The third-order valence-electron chi connectivity index (χ3n) is 11.2. The average Bonchev–Trinajstić information content (AvgIpc) is 3.17. The van der Waals surface area contributed by atoms with Gasteiger partial charge < -0.3 is 14.2 Å². The summed E-state index contributed by atoms with van der Waals surface area (Å²) >= 11 is 0. The van der Waals surface area contributed by atoms with Gasteiger partial charge in [-0.15, -0.1) is 0 Å². The Hall–Kier alpha value is -1.59. The molecule has 6 heteroatoms. The molecule has 0 amide bonds. The first kappa shape index (κ1) is 52.4. The van der Waals surface area contributed by atoms with E-state index in [2.05, 4.69) is 27.7 Å². The van der Waals surface area contributed by atoms with Crippen LogP contribution in [0.2, 0.25) is 0 Å². The normalized spacial score (nSPS) is 12.4. The predicted octanol–water partition coefficient (Wildman–Crippen LogP) is 15.1. The summed E-state index contributed by atoms with van der Waals surface area (Å²) in [5.41, 5.74) is 0. The van der Waals surface area contributed by atoms with Crippen molar-refractivity contribution in [1.82, 2.24) is 0 Å². The van der Waals surface area contributed by atoms with Gasteiger partial charge in [0.1, 0.15) is 13.2 Å². The van der Waals surface area contributed by atoms with Crippen LogP contribution < -0.4 is 0 Å². The van der Waals surface area contributed by atoms with Crippen molar-refractivity contribution in [2.75, 3.05) is 13.2 Å². The number of carbonyl (C=O) groups excluding carboxylic acids is 3. The average molecular weight is 765 g/mol. The molecular formula is C48H92O6. The molecule has 54 heavy (non-hydrogen) atoms. The first-order valence-corrected chi connectivity index (χ1v) is 23.9. The van der Waals surface area contributed by atoms with E-state index < -0.39 is 6.10 Å². The van der Waals surface area contributed by atoms with Crippen molar-refractivity contribution in [3.63, 3.8) is 0 Å². The quantitative estimate of drug-likeness (QED) is 0.0349. The van der Waals surface area contributed by atoms with Gasteiger partial charge in [-0.3, -0.25) is 14.4 Å². The molecular weight excluding hydrogens is 673 g/mol. The highest BCUT2D eigenvalue weighted by molar-refractivity contribution is 5.71. The van der Waals surface area contributed by atoms with Crippen molar-refractivity contribution in [2.45, 2.75) is 271 Å². The Morgan fingerprint density at radius 1 is 0.370 bits per heavy atom. The van der Waals surface area contributed by atoms with E-state index in [4.69, 9.17) is 14.2 Å². The van der Waals surface area contributed by atoms with Gasteiger partial charge in [-0.2, -0.15) is 0 Å². The minimum absolute atomic E-state index is 0.0649. The molecule has 0 aliphatic rings. The van der Waals surface area contributed by atoms with E-state index in [9.17, 15) is 14.4 Å². The lowest BCUT2D eigenvalue weighted by Gasteiger charge is -2.18. The number of hydrogen-bond acceptors (Lipinski definition) is 6. The highest BCUT2D eigenvalue weighted by Crippen LogP contribution is 2.17.